The Balaban J connectivity index is 0.000000377. The number of halogens is 2. The van der Waals surface area contributed by atoms with Gasteiger partial charge in [-0.25, -0.2) is 0 Å². The van der Waals surface area contributed by atoms with Crippen LogP contribution >= 0.6 is 0 Å². The second-order valence-corrected chi connectivity index (χ2v) is 5.83. The summed E-state index contributed by atoms with van der Waals surface area (Å²) in [5.74, 6) is 1.62. The molecule has 0 amide bonds. The summed E-state index contributed by atoms with van der Waals surface area (Å²) in [6.07, 6.45) is 23.7. The molecule has 4 rings (SSSR count). The molecule has 3 aliphatic rings. The van der Waals surface area contributed by atoms with E-state index in [9.17, 15) is 0 Å². The first-order valence-electron chi connectivity index (χ1n) is 7.61. The Morgan fingerprint density at radius 1 is 1.04 bits per heavy atom. The SMILES string of the molecule is C1=CC2[CH-]CCC2C=C1.Cc1cc2c([cH-]1)C=CC=CC2.[Cl-].[Cl-].[Zr+4]. The molecule has 0 N–H and O–H groups in total. The van der Waals surface area contributed by atoms with Gasteiger partial charge in [0.2, 0.25) is 0 Å². The number of hydrogen-bond acceptors (Lipinski definition) is 0. The van der Waals surface area contributed by atoms with Crippen LogP contribution in [0.25, 0.3) is 6.08 Å². The van der Waals surface area contributed by atoms with Crippen LogP contribution in [0.2, 0.25) is 0 Å². The molecule has 1 fully saturated rings. The normalized spacial score (nSPS) is 22.3. The maximum atomic E-state index is 2.42. The maximum absolute atomic E-state index is 2.42. The van der Waals surface area contributed by atoms with Crippen LogP contribution in [0.3, 0.4) is 0 Å². The molecule has 120 valence electrons. The van der Waals surface area contributed by atoms with Crippen molar-refractivity contribution in [1.29, 1.82) is 0 Å². The zero-order valence-electron chi connectivity index (χ0n) is 13.4. The van der Waals surface area contributed by atoms with E-state index in [0.29, 0.717) is 0 Å². The zero-order valence-corrected chi connectivity index (χ0v) is 17.4. The van der Waals surface area contributed by atoms with Gasteiger partial charge in [0.25, 0.3) is 0 Å². The molecule has 2 unspecified atom stereocenters. The molecule has 0 spiro atoms. The summed E-state index contributed by atoms with van der Waals surface area (Å²) in [4.78, 5) is 0. The fourth-order valence-electron chi connectivity index (χ4n) is 3.20. The minimum absolute atomic E-state index is 0. The van der Waals surface area contributed by atoms with Gasteiger partial charge >= 0.3 is 26.2 Å². The average Bonchev–Trinajstić information content (AvgIpc) is 3.01. The number of rotatable bonds is 0. The summed E-state index contributed by atoms with van der Waals surface area (Å²) in [5, 5.41) is 0. The molecule has 0 nitrogen and oxygen atoms in total. The standard InChI is InChI=1S/C11H11.C9H11.2ClH.Zr/c1-9-7-10-5-3-2-4-6-11(10)8-9;1-2-5-9-7-3-6-8(9)4-1;;;/h2-5,7-8H,6H2,1H3;1-2,4-6,8-9H,3,7H2;2*1H;/q2*-1;;;+4/p-2. The van der Waals surface area contributed by atoms with Gasteiger partial charge in [-0.3, -0.25) is 0 Å². The first-order valence-corrected chi connectivity index (χ1v) is 7.61. The van der Waals surface area contributed by atoms with Crippen LogP contribution in [0.15, 0.2) is 54.7 Å². The molecule has 0 radical (unpaired) electrons. The van der Waals surface area contributed by atoms with E-state index in [1.807, 2.05) is 0 Å². The van der Waals surface area contributed by atoms with Crippen molar-refractivity contribution in [2.24, 2.45) is 11.8 Å². The smallest absolute Gasteiger partial charge is 1.00 e. The largest absolute Gasteiger partial charge is 4.00 e. The summed E-state index contributed by atoms with van der Waals surface area (Å²) in [5.41, 5.74) is 4.20. The topological polar surface area (TPSA) is 0 Å². The second-order valence-electron chi connectivity index (χ2n) is 5.83. The van der Waals surface area contributed by atoms with Crippen LogP contribution in [0.4, 0.5) is 0 Å². The Morgan fingerprint density at radius 2 is 1.83 bits per heavy atom. The van der Waals surface area contributed by atoms with E-state index in [2.05, 4.69) is 74.1 Å². The minimum Gasteiger partial charge on any atom is -1.00 e. The predicted octanol–water partition coefficient (Wildman–Crippen LogP) is -0.812. The van der Waals surface area contributed by atoms with Gasteiger partial charge in [0.15, 0.2) is 0 Å². The van der Waals surface area contributed by atoms with Crippen LogP contribution in [-0.2, 0) is 32.6 Å². The molecule has 0 aliphatic heterocycles. The number of aryl methyl sites for hydroxylation is 1. The van der Waals surface area contributed by atoms with Crippen molar-refractivity contribution < 1.29 is 51.0 Å². The molecule has 0 aromatic heterocycles. The predicted molar refractivity (Wildman–Crippen MR) is 87.4 cm³/mol. The van der Waals surface area contributed by atoms with E-state index in [1.54, 1.807) is 0 Å². The molecular weight excluding hydrogens is 402 g/mol. The Bertz CT molecular complexity index is 560. The van der Waals surface area contributed by atoms with Crippen LogP contribution in [0.5, 0.6) is 0 Å². The van der Waals surface area contributed by atoms with Gasteiger partial charge in [-0.2, -0.15) is 23.6 Å². The summed E-state index contributed by atoms with van der Waals surface area (Å²) in [6.45, 7) is 2.14. The van der Waals surface area contributed by atoms with Gasteiger partial charge in [0.05, 0.1) is 0 Å². The van der Waals surface area contributed by atoms with Crippen LogP contribution < -0.4 is 24.8 Å². The average molecular weight is 425 g/mol. The monoisotopic (exact) mass is 422 g/mol. The van der Waals surface area contributed by atoms with Gasteiger partial charge in [-0.1, -0.05) is 50.1 Å². The minimum atomic E-state index is 0. The first-order chi connectivity index (χ1) is 9.83. The fourth-order valence-corrected chi connectivity index (χ4v) is 3.20. The zero-order chi connectivity index (χ0) is 13.8. The molecule has 1 saturated carbocycles. The van der Waals surface area contributed by atoms with Gasteiger partial charge in [-0.05, 0) is 5.92 Å². The fraction of sp³-hybridized carbons (Fsp3) is 0.300. The molecule has 0 heterocycles. The second kappa shape index (κ2) is 11.3. The number of allylic oxidation sites excluding steroid dienone is 7. The van der Waals surface area contributed by atoms with Crippen LogP contribution in [0, 0.1) is 25.2 Å². The van der Waals surface area contributed by atoms with Crippen molar-refractivity contribution >= 4 is 6.08 Å². The Kier molecular flexibility index (Phi) is 11.2. The molecule has 3 heteroatoms. The Labute approximate surface area is 172 Å². The number of hydrogen-bond donors (Lipinski definition) is 0. The third kappa shape index (κ3) is 6.30. The molecule has 3 aliphatic carbocycles. The Hall–Kier alpha value is -0.227. The molecule has 1 aromatic carbocycles. The molecule has 0 saturated heterocycles. The summed E-state index contributed by atoms with van der Waals surface area (Å²) in [7, 11) is 0. The number of fused-ring (bicyclic) bond motifs is 2. The van der Waals surface area contributed by atoms with E-state index in [0.717, 1.165) is 18.3 Å². The van der Waals surface area contributed by atoms with Gasteiger partial charge in [-0.15, -0.1) is 35.8 Å². The molecule has 23 heavy (non-hydrogen) atoms. The molecule has 1 aromatic rings. The first kappa shape index (κ1) is 22.8. The summed E-state index contributed by atoms with van der Waals surface area (Å²) < 4.78 is 0. The molecule has 2 atom stereocenters. The van der Waals surface area contributed by atoms with E-state index in [4.69, 9.17) is 0 Å². The summed E-state index contributed by atoms with van der Waals surface area (Å²) in [6, 6.07) is 4.49. The van der Waals surface area contributed by atoms with Crippen molar-refractivity contribution in [2.75, 3.05) is 0 Å². The third-order valence-electron chi connectivity index (χ3n) is 4.25. The van der Waals surface area contributed by atoms with E-state index in [-0.39, 0.29) is 51.0 Å². The maximum Gasteiger partial charge on any atom is 4.00 e. The van der Waals surface area contributed by atoms with Crippen LogP contribution in [0.1, 0.15) is 29.5 Å². The van der Waals surface area contributed by atoms with Crippen molar-refractivity contribution in [3.05, 3.63) is 77.8 Å². The van der Waals surface area contributed by atoms with Gasteiger partial charge < -0.3 is 31.2 Å². The van der Waals surface area contributed by atoms with Gasteiger partial charge in [0.1, 0.15) is 0 Å². The van der Waals surface area contributed by atoms with Gasteiger partial charge in [0, 0.05) is 0 Å². The van der Waals surface area contributed by atoms with Crippen LogP contribution in [-0.4, -0.2) is 0 Å². The van der Waals surface area contributed by atoms with E-state index < -0.39 is 0 Å². The molecular formula is C20H22Cl2Zr. The van der Waals surface area contributed by atoms with E-state index >= 15 is 0 Å². The van der Waals surface area contributed by atoms with Crippen molar-refractivity contribution in [3.63, 3.8) is 0 Å². The molecule has 0 bridgehead atoms. The van der Waals surface area contributed by atoms with Crippen molar-refractivity contribution in [2.45, 2.75) is 26.2 Å². The van der Waals surface area contributed by atoms with Crippen molar-refractivity contribution in [3.8, 4) is 0 Å². The Morgan fingerprint density at radius 3 is 2.61 bits per heavy atom. The summed E-state index contributed by atoms with van der Waals surface area (Å²) >= 11 is 0. The van der Waals surface area contributed by atoms with E-state index in [1.165, 1.54) is 29.5 Å². The quantitative estimate of drug-likeness (QED) is 0.478. The third-order valence-corrected chi connectivity index (χ3v) is 4.25. The van der Waals surface area contributed by atoms with Crippen molar-refractivity contribution in [1.82, 2.24) is 0 Å².